The fourth-order valence-corrected chi connectivity index (χ4v) is 3.17. The predicted molar refractivity (Wildman–Crippen MR) is 65.1 cm³/mol. The quantitative estimate of drug-likeness (QED) is 0.617. The van der Waals surface area contributed by atoms with Crippen LogP contribution in [-0.2, 0) is 0 Å². The van der Waals surface area contributed by atoms with Crippen molar-refractivity contribution in [3.8, 4) is 0 Å². The Morgan fingerprint density at radius 1 is 0.643 bits per heavy atom. The zero-order chi connectivity index (χ0) is 9.80. The van der Waals surface area contributed by atoms with Gasteiger partial charge in [-0.2, -0.15) is 0 Å². The van der Waals surface area contributed by atoms with E-state index in [1.807, 2.05) is 36.4 Å². The molecule has 0 aliphatic rings. The second-order valence-electron chi connectivity index (χ2n) is 3.30. The topological polar surface area (TPSA) is 0 Å². The molecular formula is C12H11BSi. The van der Waals surface area contributed by atoms with Crippen LogP contribution in [0.15, 0.2) is 60.7 Å². The van der Waals surface area contributed by atoms with Gasteiger partial charge in [0, 0.05) is 0 Å². The summed E-state index contributed by atoms with van der Waals surface area (Å²) in [4.78, 5) is 0. The van der Waals surface area contributed by atoms with Gasteiger partial charge in [-0.3, -0.25) is 0 Å². The van der Waals surface area contributed by atoms with Crippen LogP contribution in [0.5, 0.6) is 0 Å². The minimum Gasteiger partial charge on any atom is -0.0665 e. The van der Waals surface area contributed by atoms with Gasteiger partial charge in [0.25, 0.3) is 0 Å². The van der Waals surface area contributed by atoms with Gasteiger partial charge in [0.1, 0.15) is 0 Å². The Kier molecular flexibility index (Phi) is 2.85. The lowest BCUT2D eigenvalue weighted by Gasteiger charge is -2.10. The highest BCUT2D eigenvalue weighted by molar-refractivity contribution is 7.18. The summed E-state index contributed by atoms with van der Waals surface area (Å²) >= 11 is 0. The molecule has 0 heterocycles. The monoisotopic (exact) mass is 194 g/mol. The van der Waals surface area contributed by atoms with Crippen molar-refractivity contribution in [3.05, 3.63) is 60.7 Å². The van der Waals surface area contributed by atoms with Gasteiger partial charge in [0.15, 0.2) is 0 Å². The number of hydrogen-bond donors (Lipinski definition) is 0. The van der Waals surface area contributed by atoms with Gasteiger partial charge in [0.05, 0.1) is 16.1 Å². The van der Waals surface area contributed by atoms with E-state index >= 15 is 0 Å². The van der Waals surface area contributed by atoms with Gasteiger partial charge in [0.2, 0.25) is 0 Å². The molecular weight excluding hydrogens is 183 g/mol. The molecule has 0 unspecified atom stereocenters. The van der Waals surface area contributed by atoms with E-state index in [1.54, 1.807) is 0 Å². The normalized spacial score (nSPS) is 10.4. The predicted octanol–water partition coefficient (Wildman–Crippen LogP) is 0.693. The molecule has 0 aliphatic carbocycles. The fraction of sp³-hybridized carbons (Fsp3) is 0. The summed E-state index contributed by atoms with van der Waals surface area (Å²) in [6.45, 7) is 0. The largest absolute Gasteiger partial charge is 0.0665 e. The fourth-order valence-electron chi connectivity index (χ4n) is 1.51. The summed E-state index contributed by atoms with van der Waals surface area (Å²) in [5.41, 5.74) is 0. The van der Waals surface area contributed by atoms with E-state index in [4.69, 9.17) is 7.44 Å². The Morgan fingerprint density at radius 3 is 1.36 bits per heavy atom. The maximum Gasteiger partial charge on any atom is 0.0652 e. The lowest BCUT2D eigenvalue weighted by atomic mass is 10.4. The Morgan fingerprint density at radius 2 is 1.00 bits per heavy atom. The van der Waals surface area contributed by atoms with E-state index in [-0.39, 0.29) is 0 Å². The second-order valence-corrected chi connectivity index (χ2v) is 5.59. The first-order valence-electron chi connectivity index (χ1n) is 4.73. The molecule has 2 heteroatoms. The molecule has 0 aliphatic heterocycles. The van der Waals surface area contributed by atoms with Crippen LogP contribution in [0.25, 0.3) is 0 Å². The number of benzene rings is 2. The van der Waals surface area contributed by atoms with Gasteiger partial charge in [-0.1, -0.05) is 71.0 Å². The van der Waals surface area contributed by atoms with Crippen LogP contribution < -0.4 is 10.4 Å². The van der Waals surface area contributed by atoms with Crippen molar-refractivity contribution >= 4 is 26.5 Å². The molecule has 0 saturated carbocycles. The zero-order valence-electron chi connectivity index (χ0n) is 7.93. The number of hydrogen-bond acceptors (Lipinski definition) is 0. The average molecular weight is 194 g/mol. The average Bonchev–Trinajstić information content (AvgIpc) is 2.30. The van der Waals surface area contributed by atoms with E-state index < -0.39 is 8.67 Å². The summed E-state index contributed by atoms with van der Waals surface area (Å²) in [5, 5.41) is 2.58. The van der Waals surface area contributed by atoms with Gasteiger partial charge in [-0.05, 0) is 0 Å². The van der Waals surface area contributed by atoms with Crippen molar-refractivity contribution < 1.29 is 0 Å². The van der Waals surface area contributed by atoms with E-state index in [1.165, 1.54) is 10.4 Å². The van der Waals surface area contributed by atoms with Crippen molar-refractivity contribution in [1.29, 1.82) is 0 Å². The van der Waals surface area contributed by atoms with E-state index in [2.05, 4.69) is 24.3 Å². The van der Waals surface area contributed by atoms with Crippen LogP contribution in [0, 0.1) is 0 Å². The molecule has 2 aromatic rings. The van der Waals surface area contributed by atoms with Gasteiger partial charge >= 0.3 is 0 Å². The summed E-state index contributed by atoms with van der Waals surface area (Å²) in [7, 11) is 4.84. The summed E-state index contributed by atoms with van der Waals surface area (Å²) < 4.78 is 0. The van der Waals surface area contributed by atoms with Crippen molar-refractivity contribution in [2.24, 2.45) is 0 Å². The Labute approximate surface area is 87.6 Å². The van der Waals surface area contributed by atoms with Crippen molar-refractivity contribution in [3.63, 3.8) is 0 Å². The lowest BCUT2D eigenvalue weighted by molar-refractivity contribution is 1.74. The molecule has 66 valence electrons. The summed E-state index contributed by atoms with van der Waals surface area (Å²) in [5.74, 6) is 0. The molecule has 0 aromatic heterocycles. The van der Waals surface area contributed by atoms with Crippen LogP contribution in [0.3, 0.4) is 0 Å². The van der Waals surface area contributed by atoms with Crippen LogP contribution >= 0.6 is 0 Å². The van der Waals surface area contributed by atoms with Crippen molar-refractivity contribution in [2.75, 3.05) is 0 Å². The third kappa shape index (κ3) is 1.96. The molecule has 2 rings (SSSR count). The third-order valence-electron chi connectivity index (χ3n) is 2.32. The highest BCUT2D eigenvalue weighted by atomic mass is 28.3. The number of rotatable bonds is 2. The Balaban J connectivity index is 2.30. The molecule has 0 atom stereocenters. The lowest BCUT2D eigenvalue weighted by Crippen LogP contribution is -2.42. The van der Waals surface area contributed by atoms with Gasteiger partial charge in [-0.15, -0.1) is 0 Å². The molecule has 0 amide bonds. The van der Waals surface area contributed by atoms with Crippen LogP contribution in [0.2, 0.25) is 0 Å². The Bertz CT molecular complexity index is 346. The third-order valence-corrected chi connectivity index (χ3v) is 4.52. The molecule has 2 aromatic carbocycles. The molecule has 0 N–H and O–H groups in total. The molecule has 0 spiro atoms. The van der Waals surface area contributed by atoms with Crippen LogP contribution in [0.1, 0.15) is 0 Å². The summed E-state index contributed by atoms with van der Waals surface area (Å²) in [6.07, 6.45) is 0. The minimum absolute atomic E-state index is 1.29. The van der Waals surface area contributed by atoms with E-state index in [0.29, 0.717) is 0 Å². The van der Waals surface area contributed by atoms with E-state index in [9.17, 15) is 0 Å². The maximum atomic E-state index is 6.26. The highest BCUT2D eigenvalue weighted by Crippen LogP contribution is 1.89. The maximum absolute atomic E-state index is 6.26. The van der Waals surface area contributed by atoms with Gasteiger partial charge in [-0.25, -0.2) is 0 Å². The van der Waals surface area contributed by atoms with Gasteiger partial charge < -0.3 is 0 Å². The standard InChI is InChI=1S/C12H11BSi/c13-14(11-7-3-1-4-8-11)12-9-5-2-6-10-12/h1-10,14H. The van der Waals surface area contributed by atoms with Crippen LogP contribution in [0.4, 0.5) is 0 Å². The molecule has 0 bridgehead atoms. The molecule has 0 nitrogen and oxygen atoms in total. The summed E-state index contributed by atoms with van der Waals surface area (Å²) in [6, 6.07) is 20.7. The van der Waals surface area contributed by atoms with Crippen LogP contribution in [-0.4, -0.2) is 16.1 Å². The minimum atomic E-state index is -1.42. The first-order valence-corrected chi connectivity index (χ1v) is 6.55. The first kappa shape index (κ1) is 9.28. The molecule has 0 fully saturated rings. The Hall–Kier alpha value is -1.28. The SMILES string of the molecule is [B][SiH](c1ccccc1)c1ccccc1. The molecule has 2 radical (unpaired) electrons. The first-order chi connectivity index (χ1) is 6.88. The smallest absolute Gasteiger partial charge is 0.0652 e. The second kappa shape index (κ2) is 4.29. The zero-order valence-corrected chi connectivity index (χ0v) is 9.08. The van der Waals surface area contributed by atoms with Crippen molar-refractivity contribution in [1.82, 2.24) is 0 Å². The highest BCUT2D eigenvalue weighted by Gasteiger charge is 2.07. The molecule has 0 saturated heterocycles. The van der Waals surface area contributed by atoms with E-state index in [0.717, 1.165) is 0 Å². The van der Waals surface area contributed by atoms with Crippen molar-refractivity contribution in [2.45, 2.75) is 0 Å². The molecule has 14 heavy (non-hydrogen) atoms.